The largest absolute Gasteiger partial charge is 0.468 e. The molecule has 2 aromatic rings. The molecule has 0 fully saturated rings. The molecule has 6 heteroatoms. The summed E-state index contributed by atoms with van der Waals surface area (Å²) in [5, 5.41) is 0. The van der Waals surface area contributed by atoms with Gasteiger partial charge in [-0.25, -0.2) is 4.79 Å². The van der Waals surface area contributed by atoms with Gasteiger partial charge in [0.15, 0.2) is 11.9 Å². The predicted molar refractivity (Wildman–Crippen MR) is 101 cm³/mol. The highest BCUT2D eigenvalue weighted by Gasteiger charge is 2.65. The van der Waals surface area contributed by atoms with Crippen LogP contribution in [0.4, 0.5) is 0 Å². The van der Waals surface area contributed by atoms with E-state index < -0.39 is 23.8 Å². The van der Waals surface area contributed by atoms with E-state index in [0.717, 1.165) is 22.3 Å². The summed E-state index contributed by atoms with van der Waals surface area (Å²) >= 11 is 0. The minimum absolute atomic E-state index is 0.0216. The van der Waals surface area contributed by atoms with Crippen LogP contribution in [-0.2, 0) is 29.6 Å². The highest BCUT2D eigenvalue weighted by atomic mass is 16.8. The highest BCUT2D eigenvalue weighted by Crippen LogP contribution is 2.57. The van der Waals surface area contributed by atoms with Gasteiger partial charge in [-0.15, -0.1) is 0 Å². The van der Waals surface area contributed by atoms with E-state index in [4.69, 9.17) is 18.6 Å². The average Bonchev–Trinajstić information content (AvgIpc) is 3.35. The van der Waals surface area contributed by atoms with Crippen molar-refractivity contribution in [3.8, 4) is 0 Å². The van der Waals surface area contributed by atoms with Crippen LogP contribution in [0.3, 0.4) is 0 Å². The first-order valence-electron chi connectivity index (χ1n) is 9.66. The molecule has 0 radical (unpaired) electrons. The SMILES string of the molecule is Cc1cccc2c1C=CC1c3occ(C)c3C3(OC4=C(O3)C(C)OC4=O)C(=O)C21. The van der Waals surface area contributed by atoms with Gasteiger partial charge in [-0.3, -0.25) is 4.79 Å². The predicted octanol–water partition coefficient (Wildman–Crippen LogP) is 3.73. The number of carbonyl (C=O) groups excluding carboxylic acids is 2. The number of cyclic esters (lactones) is 1. The lowest BCUT2D eigenvalue weighted by Gasteiger charge is -2.40. The fraction of sp³-hybridized carbons (Fsp3) is 0.304. The van der Waals surface area contributed by atoms with E-state index >= 15 is 0 Å². The van der Waals surface area contributed by atoms with E-state index in [0.29, 0.717) is 11.3 Å². The van der Waals surface area contributed by atoms with Crippen LogP contribution in [0.1, 0.15) is 52.3 Å². The van der Waals surface area contributed by atoms with Gasteiger partial charge in [-0.2, -0.15) is 0 Å². The van der Waals surface area contributed by atoms with Crippen molar-refractivity contribution in [3.05, 3.63) is 75.6 Å². The molecule has 1 spiro atoms. The molecule has 29 heavy (non-hydrogen) atoms. The summed E-state index contributed by atoms with van der Waals surface area (Å²) < 4.78 is 23.2. The summed E-state index contributed by atoms with van der Waals surface area (Å²) in [6.07, 6.45) is 5.07. The Bertz CT molecular complexity index is 1180. The summed E-state index contributed by atoms with van der Waals surface area (Å²) in [5.74, 6) is -2.46. The smallest absolute Gasteiger partial charge is 0.378 e. The fourth-order valence-corrected chi connectivity index (χ4v) is 5.00. The number of allylic oxidation sites excluding steroid dienone is 1. The summed E-state index contributed by atoms with van der Waals surface area (Å²) in [6.45, 7) is 5.56. The van der Waals surface area contributed by atoms with E-state index in [1.165, 1.54) is 0 Å². The lowest BCUT2D eigenvalue weighted by atomic mass is 9.67. The monoisotopic (exact) mass is 390 g/mol. The number of rotatable bonds is 0. The summed E-state index contributed by atoms with van der Waals surface area (Å²) in [4.78, 5) is 26.2. The van der Waals surface area contributed by atoms with Crippen molar-refractivity contribution in [3.63, 3.8) is 0 Å². The number of carbonyl (C=O) groups is 2. The van der Waals surface area contributed by atoms with Crippen LogP contribution in [0.2, 0.25) is 0 Å². The third-order valence-electron chi connectivity index (χ3n) is 6.33. The zero-order chi connectivity index (χ0) is 20.1. The van der Waals surface area contributed by atoms with Gasteiger partial charge >= 0.3 is 11.8 Å². The second kappa shape index (κ2) is 5.20. The van der Waals surface area contributed by atoms with E-state index in [9.17, 15) is 9.59 Å². The van der Waals surface area contributed by atoms with E-state index in [2.05, 4.69) is 0 Å². The lowest BCUT2D eigenvalue weighted by molar-refractivity contribution is -0.200. The first-order chi connectivity index (χ1) is 13.9. The topological polar surface area (TPSA) is 75.0 Å². The van der Waals surface area contributed by atoms with Crippen molar-refractivity contribution in [1.29, 1.82) is 0 Å². The van der Waals surface area contributed by atoms with Gasteiger partial charge in [-0.05, 0) is 43.0 Å². The molecule has 3 heterocycles. The maximum absolute atomic E-state index is 14.0. The van der Waals surface area contributed by atoms with Crippen LogP contribution >= 0.6 is 0 Å². The molecule has 2 aliphatic heterocycles. The Kier molecular flexibility index (Phi) is 2.99. The molecular formula is C23H18O6. The summed E-state index contributed by atoms with van der Waals surface area (Å²) in [6, 6.07) is 5.93. The molecule has 2 aliphatic carbocycles. The van der Waals surface area contributed by atoms with Crippen LogP contribution in [0, 0.1) is 13.8 Å². The van der Waals surface area contributed by atoms with Crippen molar-refractivity contribution in [2.45, 2.75) is 44.5 Å². The molecule has 0 N–H and O–H groups in total. The molecule has 6 nitrogen and oxygen atoms in total. The Hall–Kier alpha value is -3.28. The van der Waals surface area contributed by atoms with Crippen LogP contribution in [0.15, 0.2) is 46.5 Å². The number of aryl methyl sites for hydroxylation is 2. The number of fused-ring (bicyclic) bond motifs is 6. The number of ketones is 1. The first-order valence-corrected chi connectivity index (χ1v) is 9.66. The highest BCUT2D eigenvalue weighted by molar-refractivity contribution is 6.00. The number of ether oxygens (including phenoxy) is 3. The van der Waals surface area contributed by atoms with Crippen molar-refractivity contribution >= 4 is 17.8 Å². The second-order valence-electron chi connectivity index (χ2n) is 8.02. The van der Waals surface area contributed by atoms with E-state index in [1.54, 1.807) is 13.2 Å². The van der Waals surface area contributed by atoms with Gasteiger partial charge in [0.1, 0.15) is 5.76 Å². The zero-order valence-corrected chi connectivity index (χ0v) is 16.1. The standard InChI is InChI=1S/C23H18O6/c1-10-5-4-6-14-13(10)7-8-15-16(14)21(24)23(17-11(2)9-26-19(15)17)28-18-12(3)27-22(25)20(18)29-23/h4-9,12,15-16H,1-3H3. The molecule has 146 valence electrons. The number of Topliss-reactive ketones (excluding diaryl/α,β-unsaturated/α-hetero) is 1. The minimum atomic E-state index is -1.72. The third-order valence-corrected chi connectivity index (χ3v) is 6.33. The zero-order valence-electron chi connectivity index (χ0n) is 16.1. The van der Waals surface area contributed by atoms with E-state index in [-0.39, 0.29) is 23.2 Å². The molecule has 4 unspecified atom stereocenters. The number of esters is 1. The maximum Gasteiger partial charge on any atom is 0.378 e. The molecule has 0 saturated carbocycles. The number of furan rings is 1. The van der Waals surface area contributed by atoms with Crippen molar-refractivity contribution < 1.29 is 28.2 Å². The van der Waals surface area contributed by atoms with Crippen LogP contribution < -0.4 is 0 Å². The van der Waals surface area contributed by atoms with Crippen LogP contribution in [0.5, 0.6) is 0 Å². The lowest BCUT2D eigenvalue weighted by Crippen LogP contribution is -2.48. The fourth-order valence-electron chi connectivity index (χ4n) is 5.00. The first kappa shape index (κ1) is 16.7. The normalized spacial score (nSPS) is 31.1. The van der Waals surface area contributed by atoms with Gasteiger partial charge in [0.2, 0.25) is 5.78 Å². The van der Waals surface area contributed by atoms with Gasteiger partial charge in [0, 0.05) is 0 Å². The molecule has 6 rings (SSSR count). The molecular weight excluding hydrogens is 372 g/mol. The third kappa shape index (κ3) is 1.86. The minimum Gasteiger partial charge on any atom is -0.468 e. The molecule has 0 bridgehead atoms. The molecule has 4 atom stereocenters. The molecule has 4 aliphatic rings. The van der Waals surface area contributed by atoms with Crippen LogP contribution in [0.25, 0.3) is 6.08 Å². The molecule has 1 aromatic heterocycles. The average molecular weight is 390 g/mol. The number of hydrogen-bond acceptors (Lipinski definition) is 6. The van der Waals surface area contributed by atoms with Crippen LogP contribution in [-0.4, -0.2) is 17.9 Å². The molecule has 0 amide bonds. The van der Waals surface area contributed by atoms with Crippen molar-refractivity contribution in [1.82, 2.24) is 0 Å². The molecule has 0 saturated heterocycles. The van der Waals surface area contributed by atoms with Gasteiger partial charge < -0.3 is 18.6 Å². The van der Waals surface area contributed by atoms with Gasteiger partial charge in [0.05, 0.1) is 23.7 Å². The Morgan fingerprint density at radius 3 is 2.69 bits per heavy atom. The number of benzene rings is 1. The van der Waals surface area contributed by atoms with Gasteiger partial charge in [0.25, 0.3) is 5.76 Å². The van der Waals surface area contributed by atoms with Crippen molar-refractivity contribution in [2.75, 3.05) is 0 Å². The second-order valence-corrected chi connectivity index (χ2v) is 8.02. The van der Waals surface area contributed by atoms with Gasteiger partial charge in [-0.1, -0.05) is 30.4 Å². The Labute approximate surface area is 166 Å². The van der Waals surface area contributed by atoms with E-state index in [1.807, 2.05) is 44.2 Å². The quantitative estimate of drug-likeness (QED) is 0.638. The number of hydrogen-bond donors (Lipinski definition) is 0. The summed E-state index contributed by atoms with van der Waals surface area (Å²) in [7, 11) is 0. The Morgan fingerprint density at radius 1 is 1.07 bits per heavy atom. The van der Waals surface area contributed by atoms with Crippen molar-refractivity contribution in [2.24, 2.45) is 0 Å². The Balaban J connectivity index is 1.58. The maximum atomic E-state index is 14.0. The summed E-state index contributed by atoms with van der Waals surface area (Å²) in [5.41, 5.74) is 4.33. The Morgan fingerprint density at radius 2 is 1.90 bits per heavy atom. The molecule has 1 aromatic carbocycles.